The zero-order chi connectivity index (χ0) is 16.9. The molecule has 2 heterocycles. The second-order valence-corrected chi connectivity index (χ2v) is 5.75. The van der Waals surface area contributed by atoms with Gasteiger partial charge in [0.25, 0.3) is 5.91 Å². The van der Waals surface area contributed by atoms with E-state index in [1.165, 1.54) is 12.1 Å². The largest absolute Gasteiger partial charge is 0.379 e. The molecule has 24 heavy (non-hydrogen) atoms. The van der Waals surface area contributed by atoms with Crippen LogP contribution in [0.2, 0.25) is 0 Å². The van der Waals surface area contributed by atoms with Crippen LogP contribution in [0.5, 0.6) is 0 Å². The molecule has 0 unspecified atom stereocenters. The third kappa shape index (κ3) is 3.98. The summed E-state index contributed by atoms with van der Waals surface area (Å²) in [5, 5.41) is 6.61. The quantitative estimate of drug-likeness (QED) is 0.905. The highest BCUT2D eigenvalue weighted by Crippen LogP contribution is 2.21. The van der Waals surface area contributed by atoms with Crippen molar-refractivity contribution >= 4 is 5.91 Å². The molecule has 1 atom stereocenters. The Hall–Kier alpha value is -2.25. The number of benzene rings is 1. The van der Waals surface area contributed by atoms with Crippen LogP contribution in [0.3, 0.4) is 0 Å². The number of nitrogens with zero attached hydrogens (tertiary/aromatic N) is 2. The van der Waals surface area contributed by atoms with Crippen LogP contribution in [-0.2, 0) is 4.74 Å². The molecule has 1 fully saturated rings. The number of carbonyl (C=O) groups excluding carboxylic acids is 1. The molecule has 7 heteroatoms. The highest BCUT2D eigenvalue weighted by atomic mass is 19.1. The molecular formula is C17H20FN3O3. The molecule has 1 N–H and O–H groups in total. The topological polar surface area (TPSA) is 67.6 Å². The van der Waals surface area contributed by atoms with Gasteiger partial charge in [-0.05, 0) is 24.6 Å². The van der Waals surface area contributed by atoms with E-state index in [0.717, 1.165) is 18.7 Å². The summed E-state index contributed by atoms with van der Waals surface area (Å²) >= 11 is 0. The molecule has 1 aliphatic rings. The number of hydrogen-bond acceptors (Lipinski definition) is 5. The van der Waals surface area contributed by atoms with Gasteiger partial charge in [0.15, 0.2) is 5.69 Å². The maximum Gasteiger partial charge on any atom is 0.273 e. The van der Waals surface area contributed by atoms with Crippen LogP contribution in [0.15, 0.2) is 34.9 Å². The van der Waals surface area contributed by atoms with Gasteiger partial charge in [0.2, 0.25) is 0 Å². The highest BCUT2D eigenvalue weighted by Gasteiger charge is 2.24. The summed E-state index contributed by atoms with van der Waals surface area (Å²) in [5.74, 6) is 0.0252. The van der Waals surface area contributed by atoms with Gasteiger partial charge in [-0.15, -0.1) is 0 Å². The number of aromatic nitrogens is 1. The minimum Gasteiger partial charge on any atom is -0.379 e. The van der Waals surface area contributed by atoms with Crippen LogP contribution < -0.4 is 5.32 Å². The van der Waals surface area contributed by atoms with Gasteiger partial charge in [0.1, 0.15) is 11.6 Å². The summed E-state index contributed by atoms with van der Waals surface area (Å²) in [7, 11) is 0. The lowest BCUT2D eigenvalue weighted by Crippen LogP contribution is -2.43. The van der Waals surface area contributed by atoms with E-state index in [2.05, 4.69) is 15.4 Å². The van der Waals surface area contributed by atoms with E-state index < -0.39 is 0 Å². The second kappa shape index (κ2) is 7.55. The van der Waals surface area contributed by atoms with E-state index in [0.29, 0.717) is 25.5 Å². The summed E-state index contributed by atoms with van der Waals surface area (Å²) in [6.45, 7) is 4.96. The van der Waals surface area contributed by atoms with Gasteiger partial charge < -0.3 is 14.6 Å². The monoisotopic (exact) mass is 333 g/mol. The predicted octanol–water partition coefficient (Wildman–Crippen LogP) is 1.93. The standard InChI is InChI=1S/C17H20FN3O3/c1-12-10-15(20-24-12)17(22)19-11-16(21-6-8-23-9-7-21)13-2-4-14(18)5-3-13/h2-5,10,16H,6-9,11H2,1H3,(H,19,22)/t16-/m1/s1. The van der Waals surface area contributed by atoms with Gasteiger partial charge in [0.05, 0.1) is 19.3 Å². The smallest absolute Gasteiger partial charge is 0.273 e. The molecule has 1 aliphatic heterocycles. The molecule has 0 radical (unpaired) electrons. The average Bonchev–Trinajstić information content (AvgIpc) is 3.04. The van der Waals surface area contributed by atoms with E-state index in [9.17, 15) is 9.18 Å². The zero-order valence-electron chi connectivity index (χ0n) is 13.5. The van der Waals surface area contributed by atoms with Crippen molar-refractivity contribution in [2.24, 2.45) is 0 Å². The average molecular weight is 333 g/mol. The SMILES string of the molecule is Cc1cc(C(=O)NC[C@H](c2ccc(F)cc2)N2CCOCC2)no1. The maximum atomic E-state index is 13.2. The van der Waals surface area contributed by atoms with Crippen LogP contribution >= 0.6 is 0 Å². The summed E-state index contributed by atoms with van der Waals surface area (Å²) in [4.78, 5) is 14.4. The highest BCUT2D eigenvalue weighted by molar-refractivity contribution is 5.92. The lowest BCUT2D eigenvalue weighted by Gasteiger charge is -2.34. The molecule has 1 saturated heterocycles. The molecule has 1 aromatic heterocycles. The molecule has 2 aromatic rings. The molecule has 0 bridgehead atoms. The first-order valence-corrected chi connectivity index (χ1v) is 7.92. The number of nitrogens with one attached hydrogen (secondary N) is 1. The zero-order valence-corrected chi connectivity index (χ0v) is 13.5. The fourth-order valence-electron chi connectivity index (χ4n) is 2.79. The normalized spacial score (nSPS) is 16.8. The maximum absolute atomic E-state index is 13.2. The van der Waals surface area contributed by atoms with Gasteiger partial charge in [0, 0.05) is 25.7 Å². The first-order valence-electron chi connectivity index (χ1n) is 7.92. The van der Waals surface area contributed by atoms with Crippen LogP contribution in [0.1, 0.15) is 27.9 Å². The molecule has 0 aliphatic carbocycles. The first-order chi connectivity index (χ1) is 11.6. The van der Waals surface area contributed by atoms with Crippen LogP contribution in [0, 0.1) is 12.7 Å². The number of aryl methyl sites for hydroxylation is 1. The Morgan fingerprint density at radius 3 is 2.67 bits per heavy atom. The number of morpholine rings is 1. The summed E-state index contributed by atoms with van der Waals surface area (Å²) in [6.07, 6.45) is 0. The Balaban J connectivity index is 1.71. The van der Waals surface area contributed by atoms with Gasteiger partial charge in [-0.25, -0.2) is 4.39 Å². The van der Waals surface area contributed by atoms with Crippen LogP contribution in [0.25, 0.3) is 0 Å². The summed E-state index contributed by atoms with van der Waals surface area (Å²) in [6, 6.07) is 7.92. The Morgan fingerprint density at radius 2 is 2.04 bits per heavy atom. The predicted molar refractivity (Wildman–Crippen MR) is 85.1 cm³/mol. The van der Waals surface area contributed by atoms with E-state index in [1.54, 1.807) is 25.1 Å². The second-order valence-electron chi connectivity index (χ2n) is 5.75. The number of amides is 1. The number of hydrogen-bond donors (Lipinski definition) is 1. The van der Waals surface area contributed by atoms with Crippen molar-refractivity contribution in [1.82, 2.24) is 15.4 Å². The number of rotatable bonds is 5. The number of carbonyl (C=O) groups is 1. The molecule has 1 amide bonds. The van der Waals surface area contributed by atoms with Crippen molar-refractivity contribution in [3.05, 3.63) is 53.2 Å². The molecule has 1 aromatic carbocycles. The Labute approximate surface area is 139 Å². The minimum atomic E-state index is -0.285. The molecule has 0 spiro atoms. The first kappa shape index (κ1) is 16.6. The van der Waals surface area contributed by atoms with E-state index in [4.69, 9.17) is 9.26 Å². The minimum absolute atomic E-state index is 0.0496. The van der Waals surface area contributed by atoms with Crippen molar-refractivity contribution in [2.75, 3.05) is 32.8 Å². The lowest BCUT2D eigenvalue weighted by atomic mass is 10.0. The van der Waals surface area contributed by atoms with Crippen LogP contribution in [0.4, 0.5) is 4.39 Å². The Kier molecular flexibility index (Phi) is 5.22. The fourth-order valence-corrected chi connectivity index (χ4v) is 2.79. The van der Waals surface area contributed by atoms with Crippen molar-refractivity contribution in [3.8, 4) is 0 Å². The third-order valence-corrected chi connectivity index (χ3v) is 4.06. The Morgan fingerprint density at radius 1 is 1.33 bits per heavy atom. The Bertz CT molecular complexity index is 681. The van der Waals surface area contributed by atoms with Gasteiger partial charge in [-0.3, -0.25) is 9.69 Å². The third-order valence-electron chi connectivity index (χ3n) is 4.06. The molecule has 128 valence electrons. The van der Waals surface area contributed by atoms with Crippen molar-refractivity contribution in [1.29, 1.82) is 0 Å². The van der Waals surface area contributed by atoms with E-state index >= 15 is 0 Å². The van der Waals surface area contributed by atoms with Gasteiger partial charge in [-0.2, -0.15) is 0 Å². The number of halogens is 1. The lowest BCUT2D eigenvalue weighted by molar-refractivity contribution is 0.0162. The number of ether oxygens (including phenoxy) is 1. The summed E-state index contributed by atoms with van der Waals surface area (Å²) in [5.41, 5.74) is 1.21. The van der Waals surface area contributed by atoms with Crippen LogP contribution in [-0.4, -0.2) is 48.8 Å². The summed E-state index contributed by atoms with van der Waals surface area (Å²) < 4.78 is 23.5. The van der Waals surface area contributed by atoms with Gasteiger partial charge >= 0.3 is 0 Å². The molecular weight excluding hydrogens is 313 g/mol. The van der Waals surface area contributed by atoms with Crippen molar-refractivity contribution < 1.29 is 18.4 Å². The van der Waals surface area contributed by atoms with E-state index in [1.807, 2.05) is 0 Å². The van der Waals surface area contributed by atoms with Gasteiger partial charge in [-0.1, -0.05) is 17.3 Å². The van der Waals surface area contributed by atoms with Crippen molar-refractivity contribution in [2.45, 2.75) is 13.0 Å². The molecule has 3 rings (SSSR count). The molecule has 0 saturated carbocycles. The fraction of sp³-hybridized carbons (Fsp3) is 0.412. The van der Waals surface area contributed by atoms with E-state index in [-0.39, 0.29) is 23.5 Å². The van der Waals surface area contributed by atoms with Crippen molar-refractivity contribution in [3.63, 3.8) is 0 Å². The molecule has 6 nitrogen and oxygen atoms in total.